The maximum Gasteiger partial charge on any atom is 0.314 e. The molecule has 0 aromatic rings. The molecule has 0 spiro atoms. The molecule has 70 valence electrons. The molecule has 0 saturated carbocycles. The zero-order chi connectivity index (χ0) is 9.14. The molecule has 1 N–H and O–H groups in total. The number of rotatable bonds is 1. The summed E-state index contributed by atoms with van der Waals surface area (Å²) in [5.41, 5.74) is 0. The van der Waals surface area contributed by atoms with Gasteiger partial charge in [-0.1, -0.05) is 0 Å². The van der Waals surface area contributed by atoms with E-state index >= 15 is 0 Å². The minimum absolute atomic E-state index is 0.175. The van der Waals surface area contributed by atoms with Crippen LogP contribution in [0.2, 0.25) is 0 Å². The Labute approximate surface area is 77.4 Å². The van der Waals surface area contributed by atoms with Crippen LogP contribution in [0.5, 0.6) is 0 Å². The van der Waals surface area contributed by atoms with E-state index in [0.29, 0.717) is 0 Å². The molecule has 12 heavy (non-hydrogen) atoms. The van der Waals surface area contributed by atoms with Crippen LogP contribution in [-0.2, 0) is 4.74 Å². The maximum absolute atomic E-state index is 10.5. The zero-order valence-electron chi connectivity index (χ0n) is 7.34. The van der Waals surface area contributed by atoms with Crippen molar-refractivity contribution in [2.75, 3.05) is 0 Å². The third-order valence-electron chi connectivity index (χ3n) is 2.02. The lowest BCUT2D eigenvalue weighted by molar-refractivity contribution is -0.0398. The Hall–Kier alpha value is -0.280. The molecule has 2 atom stereocenters. The Balaban J connectivity index is 2.38. The predicted molar refractivity (Wildman–Crippen MR) is 47.4 cm³/mol. The summed E-state index contributed by atoms with van der Waals surface area (Å²) in [7, 11) is 0. The van der Waals surface area contributed by atoms with Gasteiger partial charge in [-0.3, -0.25) is 4.79 Å². The SMILES string of the molecule is CC1CC(NC(=O)Cl)CC(C)O1. The number of hydrogen-bond acceptors (Lipinski definition) is 2. The highest BCUT2D eigenvalue weighted by Crippen LogP contribution is 2.18. The Bertz CT molecular complexity index is 164. The average molecular weight is 192 g/mol. The first-order chi connectivity index (χ1) is 5.58. The van der Waals surface area contributed by atoms with Gasteiger partial charge in [-0.25, -0.2) is 0 Å². The van der Waals surface area contributed by atoms with Gasteiger partial charge in [0.15, 0.2) is 0 Å². The van der Waals surface area contributed by atoms with Crippen LogP contribution in [0.3, 0.4) is 0 Å². The summed E-state index contributed by atoms with van der Waals surface area (Å²) in [6, 6.07) is 0.175. The van der Waals surface area contributed by atoms with E-state index in [0.717, 1.165) is 12.8 Å². The Morgan fingerprint density at radius 3 is 2.33 bits per heavy atom. The molecule has 0 radical (unpaired) electrons. The molecule has 0 bridgehead atoms. The molecular weight excluding hydrogens is 178 g/mol. The van der Waals surface area contributed by atoms with Crippen LogP contribution in [-0.4, -0.2) is 23.6 Å². The molecule has 1 heterocycles. The van der Waals surface area contributed by atoms with Crippen molar-refractivity contribution in [3.8, 4) is 0 Å². The average Bonchev–Trinajstić information content (AvgIpc) is 1.81. The first kappa shape index (κ1) is 9.81. The van der Waals surface area contributed by atoms with Crippen LogP contribution in [0.15, 0.2) is 0 Å². The molecular formula is C8H14ClNO2. The summed E-state index contributed by atoms with van der Waals surface area (Å²) in [6.45, 7) is 4.01. The van der Waals surface area contributed by atoms with Crippen molar-refractivity contribution in [1.29, 1.82) is 0 Å². The molecule has 1 saturated heterocycles. The molecule has 4 heteroatoms. The third-order valence-corrected chi connectivity index (χ3v) is 2.12. The van der Waals surface area contributed by atoms with E-state index in [1.54, 1.807) is 0 Å². The largest absolute Gasteiger partial charge is 0.375 e. The minimum atomic E-state index is -0.471. The molecule has 3 nitrogen and oxygen atoms in total. The van der Waals surface area contributed by atoms with Gasteiger partial charge in [0, 0.05) is 6.04 Å². The number of amides is 1. The van der Waals surface area contributed by atoms with Crippen LogP contribution in [0.25, 0.3) is 0 Å². The fourth-order valence-corrected chi connectivity index (χ4v) is 1.84. The Kier molecular flexibility index (Phi) is 3.35. The summed E-state index contributed by atoms with van der Waals surface area (Å²) >= 11 is 5.22. The lowest BCUT2D eigenvalue weighted by atomic mass is 10.0. The Morgan fingerprint density at radius 2 is 1.92 bits per heavy atom. The zero-order valence-corrected chi connectivity index (χ0v) is 8.10. The van der Waals surface area contributed by atoms with Gasteiger partial charge < -0.3 is 10.1 Å². The van der Waals surface area contributed by atoms with Crippen LogP contribution >= 0.6 is 11.6 Å². The number of hydrogen-bond donors (Lipinski definition) is 1. The van der Waals surface area contributed by atoms with Gasteiger partial charge in [0.2, 0.25) is 0 Å². The van der Waals surface area contributed by atoms with E-state index in [1.165, 1.54) is 0 Å². The fourth-order valence-electron chi connectivity index (χ4n) is 1.68. The van der Waals surface area contributed by atoms with Crippen molar-refractivity contribution in [2.45, 2.75) is 44.9 Å². The standard InChI is InChI=1S/C8H14ClNO2/c1-5-3-7(10-8(9)11)4-6(2)12-5/h5-7H,3-4H2,1-2H3,(H,10,11). The van der Waals surface area contributed by atoms with Crippen molar-refractivity contribution in [1.82, 2.24) is 5.32 Å². The van der Waals surface area contributed by atoms with Gasteiger partial charge in [-0.05, 0) is 38.3 Å². The first-order valence-corrected chi connectivity index (χ1v) is 4.57. The molecule has 0 aromatic carbocycles. The van der Waals surface area contributed by atoms with Gasteiger partial charge in [0.05, 0.1) is 12.2 Å². The van der Waals surface area contributed by atoms with Gasteiger partial charge in [-0.2, -0.15) is 0 Å². The summed E-state index contributed by atoms with van der Waals surface area (Å²) < 4.78 is 5.50. The molecule has 1 rings (SSSR count). The second-order valence-corrected chi connectivity index (χ2v) is 3.69. The smallest absolute Gasteiger partial charge is 0.314 e. The van der Waals surface area contributed by atoms with Crippen molar-refractivity contribution in [2.24, 2.45) is 0 Å². The second kappa shape index (κ2) is 4.10. The normalized spacial score (nSPS) is 36.1. The summed E-state index contributed by atoms with van der Waals surface area (Å²) in [5, 5.41) is 2.22. The second-order valence-electron chi connectivity index (χ2n) is 3.34. The topological polar surface area (TPSA) is 38.3 Å². The molecule has 0 aromatic heterocycles. The van der Waals surface area contributed by atoms with Gasteiger partial charge in [-0.15, -0.1) is 0 Å². The highest BCUT2D eigenvalue weighted by Gasteiger charge is 2.24. The molecule has 2 unspecified atom stereocenters. The lowest BCUT2D eigenvalue weighted by Gasteiger charge is -2.31. The predicted octanol–water partition coefficient (Wildman–Crippen LogP) is 1.89. The first-order valence-electron chi connectivity index (χ1n) is 4.19. The van der Waals surface area contributed by atoms with E-state index in [2.05, 4.69) is 5.32 Å². The fraction of sp³-hybridized carbons (Fsp3) is 0.875. The Morgan fingerprint density at radius 1 is 1.42 bits per heavy atom. The van der Waals surface area contributed by atoms with Crippen LogP contribution in [0.4, 0.5) is 4.79 Å². The summed E-state index contributed by atoms with van der Waals surface area (Å²) in [4.78, 5) is 10.5. The van der Waals surface area contributed by atoms with E-state index < -0.39 is 5.37 Å². The van der Waals surface area contributed by atoms with Gasteiger partial charge in [0.1, 0.15) is 0 Å². The molecule has 0 aliphatic carbocycles. The van der Waals surface area contributed by atoms with Crippen molar-refractivity contribution < 1.29 is 9.53 Å². The number of ether oxygens (including phenoxy) is 1. The van der Waals surface area contributed by atoms with Gasteiger partial charge in [0.25, 0.3) is 0 Å². The van der Waals surface area contributed by atoms with E-state index in [9.17, 15) is 4.79 Å². The van der Waals surface area contributed by atoms with Crippen LogP contribution < -0.4 is 5.32 Å². The summed E-state index contributed by atoms with van der Waals surface area (Å²) in [5.74, 6) is 0. The van der Waals surface area contributed by atoms with E-state index in [1.807, 2.05) is 13.8 Å². The highest BCUT2D eigenvalue weighted by molar-refractivity contribution is 6.62. The van der Waals surface area contributed by atoms with Gasteiger partial charge >= 0.3 is 5.37 Å². The number of carbonyl (C=O) groups excluding carboxylic acids is 1. The van der Waals surface area contributed by atoms with Crippen molar-refractivity contribution in [3.63, 3.8) is 0 Å². The van der Waals surface area contributed by atoms with E-state index in [-0.39, 0.29) is 18.2 Å². The van der Waals surface area contributed by atoms with Crippen molar-refractivity contribution >= 4 is 17.0 Å². The lowest BCUT2D eigenvalue weighted by Crippen LogP contribution is -2.42. The molecule has 1 aliphatic heterocycles. The highest BCUT2D eigenvalue weighted by atomic mass is 35.5. The third kappa shape index (κ3) is 2.99. The number of nitrogens with one attached hydrogen (secondary N) is 1. The molecule has 1 amide bonds. The molecule has 1 fully saturated rings. The monoisotopic (exact) mass is 191 g/mol. The minimum Gasteiger partial charge on any atom is -0.375 e. The molecule has 1 aliphatic rings. The van der Waals surface area contributed by atoms with Crippen LogP contribution in [0, 0.1) is 0 Å². The van der Waals surface area contributed by atoms with E-state index in [4.69, 9.17) is 16.3 Å². The van der Waals surface area contributed by atoms with Crippen molar-refractivity contribution in [3.05, 3.63) is 0 Å². The maximum atomic E-state index is 10.5. The van der Waals surface area contributed by atoms with Crippen LogP contribution in [0.1, 0.15) is 26.7 Å². The summed E-state index contributed by atoms with van der Waals surface area (Å²) in [6.07, 6.45) is 2.12. The quantitative estimate of drug-likeness (QED) is 0.508. The number of halogens is 1. The number of carbonyl (C=O) groups is 1.